The van der Waals surface area contributed by atoms with Gasteiger partial charge in [0, 0.05) is 5.69 Å². The first kappa shape index (κ1) is 14.6. The molecule has 0 unspecified atom stereocenters. The molecule has 0 radical (unpaired) electrons. The Balaban J connectivity index is 2.23. The summed E-state index contributed by atoms with van der Waals surface area (Å²) < 4.78 is 5.44. The molecular formula is C16H16N2O3. The van der Waals surface area contributed by atoms with Crippen molar-refractivity contribution in [2.24, 2.45) is 5.73 Å². The maximum absolute atomic E-state index is 12.2. The van der Waals surface area contributed by atoms with Gasteiger partial charge in [-0.1, -0.05) is 24.3 Å². The number of para-hydroxylation sites is 1. The van der Waals surface area contributed by atoms with Gasteiger partial charge < -0.3 is 15.8 Å². The van der Waals surface area contributed by atoms with Gasteiger partial charge in [-0.2, -0.15) is 0 Å². The van der Waals surface area contributed by atoms with E-state index in [4.69, 9.17) is 10.5 Å². The minimum absolute atomic E-state index is 0.337. The second kappa shape index (κ2) is 6.09. The van der Waals surface area contributed by atoms with Crippen molar-refractivity contribution in [2.45, 2.75) is 13.8 Å². The van der Waals surface area contributed by atoms with Crippen LogP contribution in [0.15, 0.2) is 42.5 Å². The Bertz CT molecular complexity index is 675. The number of esters is 1. The predicted octanol–water partition coefficient (Wildman–Crippen LogP) is 3.01. The second-order valence-electron chi connectivity index (χ2n) is 4.68. The number of anilines is 1. The Labute approximate surface area is 122 Å². The van der Waals surface area contributed by atoms with Crippen LogP contribution in [0.2, 0.25) is 0 Å². The van der Waals surface area contributed by atoms with Crippen LogP contribution in [0.4, 0.5) is 10.5 Å². The largest absolute Gasteiger partial charge is 0.422 e. The van der Waals surface area contributed by atoms with E-state index in [9.17, 15) is 9.59 Å². The molecule has 0 saturated carbocycles. The molecule has 0 aromatic heterocycles. The summed E-state index contributed by atoms with van der Waals surface area (Å²) in [5.41, 5.74) is 7.60. The van der Waals surface area contributed by atoms with E-state index >= 15 is 0 Å². The molecular weight excluding hydrogens is 268 g/mol. The van der Waals surface area contributed by atoms with Gasteiger partial charge in [-0.05, 0) is 43.2 Å². The van der Waals surface area contributed by atoms with Crippen molar-refractivity contribution in [3.05, 3.63) is 59.2 Å². The molecule has 0 fully saturated rings. The van der Waals surface area contributed by atoms with E-state index in [0.717, 1.165) is 11.1 Å². The molecule has 0 heterocycles. The first-order valence-electron chi connectivity index (χ1n) is 6.42. The van der Waals surface area contributed by atoms with Crippen molar-refractivity contribution in [1.82, 2.24) is 0 Å². The SMILES string of the molecule is Cc1cccc(C)c1OC(=O)c1cccc(NC(N)=O)c1. The first-order valence-corrected chi connectivity index (χ1v) is 6.42. The van der Waals surface area contributed by atoms with Crippen LogP contribution in [0, 0.1) is 13.8 Å². The van der Waals surface area contributed by atoms with Crippen molar-refractivity contribution in [1.29, 1.82) is 0 Å². The lowest BCUT2D eigenvalue weighted by atomic mass is 10.1. The highest BCUT2D eigenvalue weighted by molar-refractivity contribution is 5.94. The molecule has 0 spiro atoms. The topological polar surface area (TPSA) is 81.4 Å². The lowest BCUT2D eigenvalue weighted by Gasteiger charge is -2.10. The number of nitrogens with one attached hydrogen (secondary N) is 1. The van der Waals surface area contributed by atoms with E-state index in [2.05, 4.69) is 5.32 Å². The van der Waals surface area contributed by atoms with Gasteiger partial charge in [-0.25, -0.2) is 9.59 Å². The minimum atomic E-state index is -0.685. The molecule has 0 saturated heterocycles. The minimum Gasteiger partial charge on any atom is -0.422 e. The Morgan fingerprint density at radius 2 is 1.67 bits per heavy atom. The number of rotatable bonds is 3. The molecule has 2 amide bonds. The number of ether oxygens (including phenoxy) is 1. The Morgan fingerprint density at radius 1 is 1.05 bits per heavy atom. The van der Waals surface area contributed by atoms with E-state index in [-0.39, 0.29) is 0 Å². The zero-order valence-electron chi connectivity index (χ0n) is 11.8. The lowest BCUT2D eigenvalue weighted by molar-refractivity contribution is 0.0732. The first-order chi connectivity index (χ1) is 9.97. The van der Waals surface area contributed by atoms with Crippen LogP contribution in [0.3, 0.4) is 0 Å². The zero-order valence-corrected chi connectivity index (χ0v) is 11.8. The quantitative estimate of drug-likeness (QED) is 0.671. The monoisotopic (exact) mass is 284 g/mol. The summed E-state index contributed by atoms with van der Waals surface area (Å²) in [6.07, 6.45) is 0. The third-order valence-electron chi connectivity index (χ3n) is 2.97. The van der Waals surface area contributed by atoms with Crippen molar-refractivity contribution in [2.75, 3.05) is 5.32 Å². The maximum Gasteiger partial charge on any atom is 0.343 e. The number of aryl methyl sites for hydroxylation is 2. The smallest absolute Gasteiger partial charge is 0.343 e. The van der Waals surface area contributed by atoms with Gasteiger partial charge in [0.15, 0.2) is 0 Å². The molecule has 0 aliphatic heterocycles. The van der Waals surface area contributed by atoms with Crippen LogP contribution in [-0.2, 0) is 0 Å². The van der Waals surface area contributed by atoms with Gasteiger partial charge in [-0.15, -0.1) is 0 Å². The molecule has 0 bridgehead atoms. The van der Waals surface area contributed by atoms with Gasteiger partial charge >= 0.3 is 12.0 Å². The van der Waals surface area contributed by atoms with Crippen LogP contribution in [0.1, 0.15) is 21.5 Å². The van der Waals surface area contributed by atoms with E-state index in [1.807, 2.05) is 32.0 Å². The predicted molar refractivity (Wildman–Crippen MR) is 80.5 cm³/mol. The summed E-state index contributed by atoms with van der Waals surface area (Å²) in [6.45, 7) is 3.75. The van der Waals surface area contributed by atoms with Crippen LogP contribution >= 0.6 is 0 Å². The normalized spacial score (nSPS) is 10.0. The molecule has 0 aliphatic carbocycles. The summed E-state index contributed by atoms with van der Waals surface area (Å²) >= 11 is 0. The van der Waals surface area contributed by atoms with Crippen molar-refractivity contribution in [3.63, 3.8) is 0 Å². The fourth-order valence-electron chi connectivity index (χ4n) is 1.98. The highest BCUT2D eigenvalue weighted by Gasteiger charge is 2.12. The van der Waals surface area contributed by atoms with Crippen molar-refractivity contribution in [3.8, 4) is 5.75 Å². The highest BCUT2D eigenvalue weighted by Crippen LogP contribution is 2.23. The number of benzene rings is 2. The highest BCUT2D eigenvalue weighted by atomic mass is 16.5. The second-order valence-corrected chi connectivity index (χ2v) is 4.68. The standard InChI is InChI=1S/C16H16N2O3/c1-10-5-3-6-11(2)14(10)21-15(19)12-7-4-8-13(9-12)18-16(17)20/h3-9H,1-2H3,(H3,17,18,20). The maximum atomic E-state index is 12.2. The summed E-state index contributed by atoms with van der Waals surface area (Å²) in [7, 11) is 0. The number of urea groups is 1. The number of primary amides is 1. The molecule has 21 heavy (non-hydrogen) atoms. The molecule has 108 valence electrons. The Morgan fingerprint density at radius 3 is 2.29 bits per heavy atom. The average molecular weight is 284 g/mol. The summed E-state index contributed by atoms with van der Waals surface area (Å²) in [4.78, 5) is 23.0. The number of amides is 2. The molecule has 5 heteroatoms. The Hall–Kier alpha value is -2.82. The molecule has 2 aromatic carbocycles. The van der Waals surface area contributed by atoms with E-state index in [1.54, 1.807) is 18.2 Å². The number of carbonyl (C=O) groups is 2. The number of carbonyl (C=O) groups excluding carboxylic acids is 2. The van der Waals surface area contributed by atoms with Crippen LogP contribution in [-0.4, -0.2) is 12.0 Å². The van der Waals surface area contributed by atoms with Crippen molar-refractivity contribution >= 4 is 17.7 Å². The number of nitrogens with two attached hydrogens (primary N) is 1. The van der Waals surface area contributed by atoms with Gasteiger partial charge in [0.1, 0.15) is 5.75 Å². The zero-order chi connectivity index (χ0) is 15.4. The van der Waals surface area contributed by atoms with E-state index in [1.165, 1.54) is 6.07 Å². The van der Waals surface area contributed by atoms with Crippen LogP contribution in [0.25, 0.3) is 0 Å². The molecule has 2 rings (SSSR count). The van der Waals surface area contributed by atoms with Gasteiger partial charge in [-0.3, -0.25) is 0 Å². The molecule has 0 aliphatic rings. The van der Waals surface area contributed by atoms with E-state index in [0.29, 0.717) is 17.0 Å². The summed E-state index contributed by atoms with van der Waals surface area (Å²) in [5, 5.41) is 2.42. The summed E-state index contributed by atoms with van der Waals surface area (Å²) in [5.74, 6) is 0.0660. The summed E-state index contributed by atoms with van der Waals surface area (Å²) in [6, 6.07) is 11.4. The van der Waals surface area contributed by atoms with Crippen LogP contribution in [0.5, 0.6) is 5.75 Å². The molecule has 0 atom stereocenters. The van der Waals surface area contributed by atoms with Gasteiger partial charge in [0.2, 0.25) is 0 Å². The van der Waals surface area contributed by atoms with Crippen LogP contribution < -0.4 is 15.8 Å². The third-order valence-corrected chi connectivity index (χ3v) is 2.97. The molecule has 2 aromatic rings. The lowest BCUT2D eigenvalue weighted by Crippen LogP contribution is -2.19. The number of hydrogen-bond acceptors (Lipinski definition) is 3. The van der Waals surface area contributed by atoms with Gasteiger partial charge in [0.05, 0.1) is 5.56 Å². The third kappa shape index (κ3) is 3.60. The Kier molecular flexibility index (Phi) is 4.23. The fourth-order valence-corrected chi connectivity index (χ4v) is 1.98. The average Bonchev–Trinajstić information content (AvgIpc) is 2.42. The molecule has 3 N–H and O–H groups in total. The number of hydrogen-bond donors (Lipinski definition) is 2. The van der Waals surface area contributed by atoms with Gasteiger partial charge in [0.25, 0.3) is 0 Å². The fraction of sp³-hybridized carbons (Fsp3) is 0.125. The molecule has 5 nitrogen and oxygen atoms in total. The van der Waals surface area contributed by atoms with Crippen molar-refractivity contribution < 1.29 is 14.3 Å². The van der Waals surface area contributed by atoms with E-state index < -0.39 is 12.0 Å².